The van der Waals surface area contributed by atoms with Gasteiger partial charge >= 0.3 is 6.03 Å². The molecule has 0 radical (unpaired) electrons. The molecule has 0 aliphatic carbocycles. The van der Waals surface area contributed by atoms with E-state index in [9.17, 15) is 9.59 Å². The van der Waals surface area contributed by atoms with Crippen LogP contribution in [-0.2, 0) is 16.1 Å². The van der Waals surface area contributed by atoms with Crippen molar-refractivity contribution in [3.8, 4) is 0 Å². The zero-order chi connectivity index (χ0) is 17.3. The molecule has 24 heavy (non-hydrogen) atoms. The van der Waals surface area contributed by atoms with Crippen molar-refractivity contribution >= 4 is 11.9 Å². The number of rotatable bonds is 5. The molecule has 0 bridgehead atoms. The van der Waals surface area contributed by atoms with Crippen LogP contribution in [0.5, 0.6) is 0 Å². The standard InChI is InChI=1S/C16H25N5O3/c1-11-8-12(2)21(18-11)10-15(22)19-5-4-14-13(9-19)17-16(23)20(14)6-7-24-3/h8,13-14H,4-7,9-10H2,1-3H3,(H,17,23)/t13-,14+/m1/s1. The van der Waals surface area contributed by atoms with Crippen molar-refractivity contribution in [3.63, 3.8) is 0 Å². The van der Waals surface area contributed by atoms with Crippen molar-refractivity contribution in [3.05, 3.63) is 17.5 Å². The van der Waals surface area contributed by atoms with Crippen LogP contribution in [0, 0.1) is 13.8 Å². The Bertz CT molecular complexity index is 629. The third-order valence-corrected chi connectivity index (χ3v) is 4.82. The van der Waals surface area contributed by atoms with Crippen LogP contribution in [0.25, 0.3) is 0 Å². The first-order valence-electron chi connectivity index (χ1n) is 8.34. The molecule has 2 fully saturated rings. The summed E-state index contributed by atoms with van der Waals surface area (Å²) in [5.41, 5.74) is 1.89. The average Bonchev–Trinajstić information content (AvgIpc) is 3.02. The Morgan fingerprint density at radius 2 is 2.25 bits per heavy atom. The highest BCUT2D eigenvalue weighted by Crippen LogP contribution is 2.23. The number of nitrogens with zero attached hydrogens (tertiary/aromatic N) is 4. The molecular formula is C16H25N5O3. The lowest BCUT2D eigenvalue weighted by Crippen LogP contribution is -2.53. The maximum absolute atomic E-state index is 12.6. The molecular weight excluding hydrogens is 310 g/mol. The Morgan fingerprint density at radius 3 is 2.92 bits per heavy atom. The minimum atomic E-state index is -0.0603. The van der Waals surface area contributed by atoms with E-state index in [-0.39, 0.29) is 30.6 Å². The van der Waals surface area contributed by atoms with Crippen molar-refractivity contribution in [2.24, 2.45) is 0 Å². The van der Waals surface area contributed by atoms with Gasteiger partial charge in [0.05, 0.1) is 24.4 Å². The monoisotopic (exact) mass is 335 g/mol. The van der Waals surface area contributed by atoms with E-state index in [0.29, 0.717) is 26.2 Å². The van der Waals surface area contributed by atoms with E-state index in [1.54, 1.807) is 11.8 Å². The smallest absolute Gasteiger partial charge is 0.318 e. The molecule has 0 unspecified atom stereocenters. The second-order valence-electron chi connectivity index (χ2n) is 6.52. The number of hydrogen-bond donors (Lipinski definition) is 1. The summed E-state index contributed by atoms with van der Waals surface area (Å²) in [6, 6.07) is 2.04. The molecule has 1 N–H and O–H groups in total. The number of nitrogens with one attached hydrogen (secondary N) is 1. The summed E-state index contributed by atoms with van der Waals surface area (Å²) < 4.78 is 6.81. The van der Waals surface area contributed by atoms with Crippen LogP contribution in [0.1, 0.15) is 17.8 Å². The first-order valence-corrected chi connectivity index (χ1v) is 8.34. The van der Waals surface area contributed by atoms with Gasteiger partial charge in [-0.25, -0.2) is 4.79 Å². The van der Waals surface area contributed by atoms with Gasteiger partial charge in [-0.2, -0.15) is 5.10 Å². The average molecular weight is 335 g/mol. The Morgan fingerprint density at radius 1 is 1.46 bits per heavy atom. The predicted octanol–water partition coefficient (Wildman–Crippen LogP) is 0.141. The molecule has 1 aromatic heterocycles. The molecule has 0 aromatic carbocycles. The molecule has 3 amide bonds. The van der Waals surface area contributed by atoms with E-state index < -0.39 is 0 Å². The minimum absolute atomic E-state index is 0.00693. The van der Waals surface area contributed by atoms with Gasteiger partial charge in [-0.15, -0.1) is 0 Å². The second kappa shape index (κ2) is 6.80. The number of ether oxygens (including phenoxy) is 1. The second-order valence-corrected chi connectivity index (χ2v) is 6.52. The van der Waals surface area contributed by atoms with E-state index in [0.717, 1.165) is 17.8 Å². The van der Waals surface area contributed by atoms with Gasteiger partial charge < -0.3 is 19.9 Å². The molecule has 0 saturated carbocycles. The predicted molar refractivity (Wildman–Crippen MR) is 87.6 cm³/mol. The van der Waals surface area contributed by atoms with E-state index in [1.165, 1.54) is 0 Å². The lowest BCUT2D eigenvalue weighted by Gasteiger charge is -2.36. The highest BCUT2D eigenvalue weighted by atomic mass is 16.5. The molecule has 8 heteroatoms. The number of carbonyl (C=O) groups excluding carboxylic acids is 2. The summed E-state index contributed by atoms with van der Waals surface area (Å²) in [7, 11) is 1.63. The molecule has 3 rings (SSSR count). The quantitative estimate of drug-likeness (QED) is 0.830. The number of hydrogen-bond acceptors (Lipinski definition) is 4. The Labute approximate surface area is 141 Å². The summed E-state index contributed by atoms with van der Waals surface area (Å²) in [6.45, 7) is 6.45. The number of fused-ring (bicyclic) bond motifs is 1. The first kappa shape index (κ1) is 16.8. The number of carbonyl (C=O) groups is 2. The van der Waals surface area contributed by atoms with E-state index in [2.05, 4.69) is 10.4 Å². The van der Waals surface area contributed by atoms with Gasteiger partial charge in [0.1, 0.15) is 6.54 Å². The summed E-state index contributed by atoms with van der Waals surface area (Å²) in [5, 5.41) is 7.34. The number of piperidine rings is 1. The van der Waals surface area contributed by atoms with Gasteiger partial charge in [-0.1, -0.05) is 0 Å². The van der Waals surface area contributed by atoms with Crippen LogP contribution in [0.3, 0.4) is 0 Å². The van der Waals surface area contributed by atoms with E-state index in [4.69, 9.17) is 4.74 Å². The molecule has 1 aromatic rings. The number of aromatic nitrogens is 2. The van der Waals surface area contributed by atoms with Crippen LogP contribution < -0.4 is 5.32 Å². The number of methoxy groups -OCH3 is 1. The molecule has 2 aliphatic rings. The van der Waals surface area contributed by atoms with Gasteiger partial charge in [0.2, 0.25) is 5.91 Å². The molecule has 3 heterocycles. The van der Waals surface area contributed by atoms with Gasteiger partial charge in [0.15, 0.2) is 0 Å². The normalized spacial score (nSPS) is 23.4. The number of aryl methyl sites for hydroxylation is 2. The molecule has 8 nitrogen and oxygen atoms in total. The molecule has 2 aliphatic heterocycles. The van der Waals surface area contributed by atoms with Crippen molar-refractivity contribution in [2.75, 3.05) is 33.4 Å². The Kier molecular flexibility index (Phi) is 4.75. The zero-order valence-electron chi connectivity index (χ0n) is 14.5. The van der Waals surface area contributed by atoms with Crippen LogP contribution in [0.4, 0.5) is 4.79 Å². The van der Waals surface area contributed by atoms with Gasteiger partial charge in [0, 0.05) is 32.4 Å². The van der Waals surface area contributed by atoms with Crippen molar-refractivity contribution in [1.82, 2.24) is 24.9 Å². The topological polar surface area (TPSA) is 79.7 Å². The molecule has 2 atom stereocenters. The fraction of sp³-hybridized carbons (Fsp3) is 0.688. The SMILES string of the molecule is COCCN1C(=O)N[C@@H]2CN(C(=O)Cn3nc(C)cc3C)CC[C@@H]21. The zero-order valence-corrected chi connectivity index (χ0v) is 14.5. The Hall–Kier alpha value is -2.09. The summed E-state index contributed by atoms with van der Waals surface area (Å²) in [6.07, 6.45) is 0.788. The maximum Gasteiger partial charge on any atom is 0.318 e. The summed E-state index contributed by atoms with van der Waals surface area (Å²) in [4.78, 5) is 28.3. The number of urea groups is 1. The molecule has 0 spiro atoms. The minimum Gasteiger partial charge on any atom is -0.383 e. The first-order chi connectivity index (χ1) is 11.5. The van der Waals surface area contributed by atoms with Crippen molar-refractivity contribution in [2.45, 2.75) is 38.9 Å². The Balaban J connectivity index is 1.60. The lowest BCUT2D eigenvalue weighted by molar-refractivity contribution is -0.133. The van der Waals surface area contributed by atoms with E-state index in [1.807, 2.05) is 29.7 Å². The summed E-state index contributed by atoms with van der Waals surface area (Å²) in [5.74, 6) is 0.0456. The van der Waals surface area contributed by atoms with Crippen LogP contribution in [-0.4, -0.2) is 77.0 Å². The van der Waals surface area contributed by atoms with Gasteiger partial charge in [-0.05, 0) is 26.3 Å². The number of likely N-dealkylation sites (tertiary alicyclic amines) is 1. The molecule has 132 valence electrons. The largest absolute Gasteiger partial charge is 0.383 e. The number of amides is 3. The lowest BCUT2D eigenvalue weighted by atomic mass is 10.00. The fourth-order valence-corrected chi connectivity index (χ4v) is 3.59. The van der Waals surface area contributed by atoms with Crippen LogP contribution in [0.15, 0.2) is 6.07 Å². The maximum atomic E-state index is 12.6. The highest BCUT2D eigenvalue weighted by Gasteiger charge is 2.43. The van der Waals surface area contributed by atoms with Crippen molar-refractivity contribution < 1.29 is 14.3 Å². The molecule has 2 saturated heterocycles. The van der Waals surface area contributed by atoms with Gasteiger partial charge in [-0.3, -0.25) is 9.48 Å². The third kappa shape index (κ3) is 3.24. The highest BCUT2D eigenvalue weighted by molar-refractivity contribution is 5.79. The van der Waals surface area contributed by atoms with Crippen LogP contribution >= 0.6 is 0 Å². The van der Waals surface area contributed by atoms with Gasteiger partial charge in [0.25, 0.3) is 0 Å². The van der Waals surface area contributed by atoms with Crippen LogP contribution in [0.2, 0.25) is 0 Å². The van der Waals surface area contributed by atoms with Crippen molar-refractivity contribution in [1.29, 1.82) is 0 Å². The third-order valence-electron chi connectivity index (χ3n) is 4.82. The fourth-order valence-electron chi connectivity index (χ4n) is 3.59. The van der Waals surface area contributed by atoms with E-state index >= 15 is 0 Å². The summed E-state index contributed by atoms with van der Waals surface area (Å²) >= 11 is 0.